The number of hydrogen-bond acceptors (Lipinski definition) is 4. The lowest BCUT2D eigenvalue weighted by Crippen LogP contribution is -2.27. The average molecular weight is 248 g/mol. The van der Waals surface area contributed by atoms with Crippen LogP contribution in [0.4, 0.5) is 13.2 Å². The minimum atomic E-state index is -4.71. The van der Waals surface area contributed by atoms with Crippen LogP contribution >= 0.6 is 0 Å². The highest BCUT2D eigenvalue weighted by Crippen LogP contribution is 2.22. The van der Waals surface area contributed by atoms with E-state index in [9.17, 15) is 13.2 Å². The molecule has 0 heterocycles. The summed E-state index contributed by atoms with van der Waals surface area (Å²) in [5.41, 5.74) is 0.731. The van der Waals surface area contributed by atoms with Crippen LogP contribution in [0.15, 0.2) is 29.0 Å². The van der Waals surface area contributed by atoms with Crippen molar-refractivity contribution in [3.8, 4) is 0 Å². The van der Waals surface area contributed by atoms with Crippen molar-refractivity contribution < 1.29 is 13.2 Å². The van der Waals surface area contributed by atoms with Crippen LogP contribution in [0.2, 0.25) is 0 Å². The SMILES string of the molecule is C=C/C(C(=N)C(F)(F)F)=C(\C=N/NC)NCC. The van der Waals surface area contributed by atoms with Gasteiger partial charge in [0.1, 0.15) is 5.71 Å². The van der Waals surface area contributed by atoms with Crippen molar-refractivity contribution in [2.45, 2.75) is 13.1 Å². The molecule has 4 nitrogen and oxygen atoms in total. The molecule has 0 aliphatic carbocycles. The maximum absolute atomic E-state index is 12.4. The van der Waals surface area contributed by atoms with E-state index in [2.05, 4.69) is 22.4 Å². The molecular weight excluding hydrogens is 233 g/mol. The monoisotopic (exact) mass is 248 g/mol. The summed E-state index contributed by atoms with van der Waals surface area (Å²) < 4.78 is 37.2. The second-order valence-electron chi connectivity index (χ2n) is 2.92. The number of nitrogens with zero attached hydrogens (tertiary/aromatic N) is 1. The fourth-order valence-electron chi connectivity index (χ4n) is 1.03. The van der Waals surface area contributed by atoms with Gasteiger partial charge >= 0.3 is 6.18 Å². The number of hydrazone groups is 1. The van der Waals surface area contributed by atoms with Crippen molar-refractivity contribution in [2.24, 2.45) is 5.10 Å². The Hall–Kier alpha value is -1.79. The third kappa shape index (κ3) is 4.71. The molecule has 0 aromatic rings. The van der Waals surface area contributed by atoms with Crippen molar-refractivity contribution in [3.05, 3.63) is 23.9 Å². The van der Waals surface area contributed by atoms with Crippen molar-refractivity contribution in [1.82, 2.24) is 10.7 Å². The van der Waals surface area contributed by atoms with Gasteiger partial charge < -0.3 is 10.7 Å². The summed E-state index contributed by atoms with van der Waals surface area (Å²) in [6.45, 7) is 5.42. The van der Waals surface area contributed by atoms with Crippen molar-refractivity contribution in [3.63, 3.8) is 0 Å². The van der Waals surface area contributed by atoms with Gasteiger partial charge in [-0.15, -0.1) is 0 Å². The smallest absolute Gasteiger partial charge is 0.383 e. The van der Waals surface area contributed by atoms with Crippen molar-refractivity contribution in [1.29, 1.82) is 5.41 Å². The Bertz CT molecular complexity index is 342. The molecule has 0 saturated carbocycles. The third-order valence-electron chi connectivity index (χ3n) is 1.74. The minimum absolute atomic E-state index is 0.0965. The number of alkyl halides is 3. The Morgan fingerprint density at radius 1 is 1.47 bits per heavy atom. The van der Waals surface area contributed by atoms with Gasteiger partial charge in [0.25, 0.3) is 0 Å². The van der Waals surface area contributed by atoms with Crippen LogP contribution in [0.25, 0.3) is 0 Å². The van der Waals surface area contributed by atoms with Gasteiger partial charge in [0.05, 0.1) is 11.9 Å². The molecule has 0 atom stereocenters. The second-order valence-corrected chi connectivity index (χ2v) is 2.92. The van der Waals surface area contributed by atoms with Gasteiger partial charge in [-0.05, 0) is 6.92 Å². The van der Waals surface area contributed by atoms with E-state index in [0.29, 0.717) is 6.54 Å². The van der Waals surface area contributed by atoms with Gasteiger partial charge in [-0.25, -0.2) is 0 Å². The van der Waals surface area contributed by atoms with E-state index in [1.165, 1.54) is 13.3 Å². The van der Waals surface area contributed by atoms with Crippen LogP contribution in [-0.4, -0.2) is 31.7 Å². The molecule has 0 aliphatic heterocycles. The molecule has 0 aromatic carbocycles. The molecule has 0 fully saturated rings. The first-order chi connectivity index (χ1) is 7.88. The highest BCUT2D eigenvalue weighted by Gasteiger charge is 2.36. The molecule has 0 bridgehead atoms. The van der Waals surface area contributed by atoms with E-state index in [1.54, 1.807) is 6.92 Å². The maximum atomic E-state index is 12.4. The number of halogens is 3. The first-order valence-electron chi connectivity index (χ1n) is 4.85. The highest BCUT2D eigenvalue weighted by atomic mass is 19.4. The van der Waals surface area contributed by atoms with E-state index in [1.807, 2.05) is 0 Å². The Balaban J connectivity index is 5.42. The molecule has 0 aliphatic rings. The molecule has 0 rings (SSSR count). The third-order valence-corrected chi connectivity index (χ3v) is 1.74. The molecule has 3 N–H and O–H groups in total. The molecule has 0 unspecified atom stereocenters. The molecule has 96 valence electrons. The first-order valence-corrected chi connectivity index (χ1v) is 4.85. The highest BCUT2D eigenvalue weighted by molar-refractivity contribution is 6.08. The molecule has 17 heavy (non-hydrogen) atoms. The summed E-state index contributed by atoms with van der Waals surface area (Å²) in [6.07, 6.45) is -2.55. The van der Waals surface area contributed by atoms with Crippen LogP contribution < -0.4 is 10.7 Å². The lowest BCUT2D eigenvalue weighted by atomic mass is 10.1. The fourth-order valence-corrected chi connectivity index (χ4v) is 1.03. The normalized spacial score (nSPS) is 13.2. The zero-order valence-electron chi connectivity index (χ0n) is 9.65. The number of allylic oxidation sites excluding steroid dienone is 3. The summed E-state index contributed by atoms with van der Waals surface area (Å²) in [7, 11) is 1.52. The Labute approximate surface area is 97.8 Å². The Kier molecular flexibility index (Phi) is 6.01. The zero-order chi connectivity index (χ0) is 13.5. The van der Waals surface area contributed by atoms with Gasteiger partial charge in [-0.2, -0.15) is 18.3 Å². The first kappa shape index (κ1) is 15.2. The molecule has 0 radical (unpaired) electrons. The van der Waals surface area contributed by atoms with Crippen molar-refractivity contribution in [2.75, 3.05) is 13.6 Å². The predicted octanol–water partition coefficient (Wildman–Crippen LogP) is 1.82. The summed E-state index contributed by atoms with van der Waals surface area (Å²) in [4.78, 5) is 0. The zero-order valence-corrected chi connectivity index (χ0v) is 9.65. The van der Waals surface area contributed by atoms with Gasteiger partial charge in [-0.3, -0.25) is 5.41 Å². The minimum Gasteiger partial charge on any atom is -0.383 e. The lowest BCUT2D eigenvalue weighted by molar-refractivity contribution is -0.0588. The number of hydrogen-bond donors (Lipinski definition) is 3. The van der Waals surface area contributed by atoms with Gasteiger partial charge in [0, 0.05) is 19.2 Å². The summed E-state index contributed by atoms with van der Waals surface area (Å²) in [5.74, 6) is 0. The molecular formula is C10H15F3N4. The molecule has 7 heteroatoms. The molecule has 0 aromatic heterocycles. The van der Waals surface area contributed by atoms with Crippen molar-refractivity contribution >= 4 is 11.9 Å². The maximum Gasteiger partial charge on any atom is 0.433 e. The van der Waals surface area contributed by atoms with Crippen LogP contribution in [0, 0.1) is 5.41 Å². The molecule has 0 spiro atoms. The van der Waals surface area contributed by atoms with Crippen LogP contribution in [0.5, 0.6) is 0 Å². The topological polar surface area (TPSA) is 60.3 Å². The summed E-state index contributed by atoms with van der Waals surface area (Å²) in [6, 6.07) is 0. The van der Waals surface area contributed by atoms with E-state index in [0.717, 1.165) is 6.08 Å². The quantitative estimate of drug-likeness (QED) is 0.381. The van der Waals surface area contributed by atoms with E-state index in [4.69, 9.17) is 5.41 Å². The Morgan fingerprint density at radius 2 is 2.06 bits per heavy atom. The number of rotatable bonds is 6. The van der Waals surface area contributed by atoms with E-state index in [-0.39, 0.29) is 11.3 Å². The molecule has 0 saturated heterocycles. The molecule has 0 amide bonds. The van der Waals surface area contributed by atoms with E-state index < -0.39 is 11.9 Å². The predicted molar refractivity (Wildman–Crippen MR) is 62.2 cm³/mol. The van der Waals surface area contributed by atoms with Gasteiger partial charge in [-0.1, -0.05) is 12.7 Å². The van der Waals surface area contributed by atoms with Crippen LogP contribution in [-0.2, 0) is 0 Å². The lowest BCUT2D eigenvalue weighted by Gasteiger charge is -2.13. The van der Waals surface area contributed by atoms with Gasteiger partial charge in [0.15, 0.2) is 0 Å². The van der Waals surface area contributed by atoms with Gasteiger partial charge in [0.2, 0.25) is 0 Å². The average Bonchev–Trinajstić information content (AvgIpc) is 2.25. The largest absolute Gasteiger partial charge is 0.433 e. The van der Waals surface area contributed by atoms with Crippen LogP contribution in [0.3, 0.4) is 0 Å². The fraction of sp³-hybridized carbons (Fsp3) is 0.400. The summed E-state index contributed by atoms with van der Waals surface area (Å²) in [5, 5.41) is 13.4. The Morgan fingerprint density at radius 3 is 2.41 bits per heavy atom. The van der Waals surface area contributed by atoms with E-state index >= 15 is 0 Å². The van der Waals surface area contributed by atoms with Crippen LogP contribution in [0.1, 0.15) is 6.92 Å². The summed E-state index contributed by atoms with van der Waals surface area (Å²) >= 11 is 0. The standard InChI is InChI=1S/C10H15F3N4/c1-4-7(9(14)10(11,12)13)8(16-5-2)6-17-15-3/h4,6,14-16H,1,5H2,2-3H3/b8-7-,14-9?,17-6-. The number of nitrogens with one attached hydrogen (secondary N) is 3. The second kappa shape index (κ2) is 6.72.